The van der Waals surface area contributed by atoms with E-state index < -0.39 is 17.4 Å². The number of carbonyl (C=O) groups excluding carboxylic acids is 1. The second-order valence-electron chi connectivity index (χ2n) is 5.75. The van der Waals surface area contributed by atoms with Crippen molar-refractivity contribution in [2.24, 2.45) is 5.41 Å². The third-order valence-electron chi connectivity index (χ3n) is 4.13. The number of hydrogen-bond donors (Lipinski definition) is 3. The summed E-state index contributed by atoms with van der Waals surface area (Å²) in [6, 6.07) is -1.01. The predicted molar refractivity (Wildman–Crippen MR) is 70.5 cm³/mol. The number of aliphatic carboxylic acids is 1. The van der Waals surface area contributed by atoms with E-state index in [1.54, 1.807) is 6.92 Å². The van der Waals surface area contributed by atoms with Crippen LogP contribution in [0.4, 0.5) is 4.79 Å². The van der Waals surface area contributed by atoms with Crippen LogP contribution in [0, 0.1) is 5.41 Å². The molecule has 0 aromatic rings. The van der Waals surface area contributed by atoms with E-state index >= 15 is 0 Å². The Bertz CT molecular complexity index is 383. The highest BCUT2D eigenvalue weighted by atomic mass is 16.5. The van der Waals surface area contributed by atoms with Crippen LogP contribution in [-0.4, -0.2) is 55.1 Å². The lowest BCUT2D eigenvalue weighted by atomic mass is 9.85. The Morgan fingerprint density at radius 1 is 1.45 bits per heavy atom. The van der Waals surface area contributed by atoms with Crippen molar-refractivity contribution in [3.63, 3.8) is 0 Å². The van der Waals surface area contributed by atoms with Gasteiger partial charge in [-0.25, -0.2) is 4.79 Å². The van der Waals surface area contributed by atoms with E-state index in [1.165, 1.54) is 0 Å². The molecule has 0 aromatic carbocycles. The van der Waals surface area contributed by atoms with Gasteiger partial charge in [0.2, 0.25) is 0 Å². The highest BCUT2D eigenvalue weighted by Gasteiger charge is 2.47. The molecule has 7 nitrogen and oxygen atoms in total. The molecule has 2 aliphatic rings. The molecule has 2 rings (SSSR count). The van der Waals surface area contributed by atoms with Crippen LogP contribution in [-0.2, 0) is 14.3 Å². The normalized spacial score (nSPS) is 34.7. The molecule has 0 radical (unpaired) electrons. The molecule has 7 heteroatoms. The monoisotopic (exact) mass is 286 g/mol. The summed E-state index contributed by atoms with van der Waals surface area (Å²) in [5, 5.41) is 14.7. The first-order chi connectivity index (χ1) is 9.43. The van der Waals surface area contributed by atoms with Crippen LogP contribution in [0.1, 0.15) is 26.7 Å². The average Bonchev–Trinajstić information content (AvgIpc) is 3.00. The van der Waals surface area contributed by atoms with Gasteiger partial charge in [0.25, 0.3) is 0 Å². The van der Waals surface area contributed by atoms with E-state index in [1.807, 2.05) is 6.92 Å². The van der Waals surface area contributed by atoms with Crippen LogP contribution < -0.4 is 10.6 Å². The Labute approximate surface area is 118 Å². The van der Waals surface area contributed by atoms with E-state index in [0.717, 1.165) is 19.4 Å². The topological polar surface area (TPSA) is 96.9 Å². The van der Waals surface area contributed by atoms with Crippen LogP contribution in [0.25, 0.3) is 0 Å². The zero-order valence-corrected chi connectivity index (χ0v) is 11.8. The molecule has 2 amide bonds. The molecule has 114 valence electrons. The number of rotatable bonds is 4. The molecule has 0 saturated carbocycles. The summed E-state index contributed by atoms with van der Waals surface area (Å²) in [7, 11) is 0. The van der Waals surface area contributed by atoms with Gasteiger partial charge in [-0.1, -0.05) is 0 Å². The van der Waals surface area contributed by atoms with Gasteiger partial charge >= 0.3 is 12.0 Å². The summed E-state index contributed by atoms with van der Waals surface area (Å²) < 4.78 is 10.7. The molecular weight excluding hydrogens is 264 g/mol. The summed E-state index contributed by atoms with van der Waals surface area (Å²) in [6.07, 6.45) is 1.97. The van der Waals surface area contributed by atoms with E-state index in [0.29, 0.717) is 0 Å². The van der Waals surface area contributed by atoms with Gasteiger partial charge in [-0.15, -0.1) is 0 Å². The van der Waals surface area contributed by atoms with Crippen molar-refractivity contribution >= 4 is 12.0 Å². The number of nitrogens with one attached hydrogen (secondary N) is 2. The van der Waals surface area contributed by atoms with E-state index in [4.69, 9.17) is 9.47 Å². The number of hydrogen-bond acceptors (Lipinski definition) is 4. The van der Waals surface area contributed by atoms with Crippen molar-refractivity contribution in [3.05, 3.63) is 0 Å². The van der Waals surface area contributed by atoms with E-state index in [-0.39, 0.29) is 31.4 Å². The zero-order valence-electron chi connectivity index (χ0n) is 11.8. The van der Waals surface area contributed by atoms with Crippen molar-refractivity contribution in [1.82, 2.24) is 10.6 Å². The quantitative estimate of drug-likeness (QED) is 0.692. The van der Waals surface area contributed by atoms with Gasteiger partial charge in [0.05, 0.1) is 31.4 Å². The maximum absolute atomic E-state index is 12.0. The minimum Gasteiger partial charge on any atom is -0.481 e. The minimum atomic E-state index is -1.08. The van der Waals surface area contributed by atoms with Crippen LogP contribution in [0.3, 0.4) is 0 Å². The molecule has 0 aliphatic carbocycles. The molecule has 4 unspecified atom stereocenters. The Morgan fingerprint density at radius 3 is 2.80 bits per heavy atom. The molecule has 2 saturated heterocycles. The largest absolute Gasteiger partial charge is 0.481 e. The maximum atomic E-state index is 12.0. The summed E-state index contributed by atoms with van der Waals surface area (Å²) in [5.41, 5.74) is -1.08. The Hall–Kier alpha value is -1.34. The summed E-state index contributed by atoms with van der Waals surface area (Å²) >= 11 is 0. The fourth-order valence-electron chi connectivity index (χ4n) is 2.58. The number of ether oxygens (including phenoxy) is 2. The molecule has 4 atom stereocenters. The number of carboxylic acid groups (broad SMARTS) is 1. The van der Waals surface area contributed by atoms with Crippen molar-refractivity contribution in [2.75, 3.05) is 19.8 Å². The molecule has 2 aliphatic heterocycles. The highest BCUT2D eigenvalue weighted by molar-refractivity contribution is 5.79. The van der Waals surface area contributed by atoms with Gasteiger partial charge in [0.1, 0.15) is 5.41 Å². The first kappa shape index (κ1) is 15.1. The Balaban J connectivity index is 1.86. The lowest BCUT2D eigenvalue weighted by Crippen LogP contribution is -2.54. The molecule has 0 aromatic heterocycles. The summed E-state index contributed by atoms with van der Waals surface area (Å²) in [6.45, 7) is 4.51. The summed E-state index contributed by atoms with van der Waals surface area (Å²) in [4.78, 5) is 23.2. The van der Waals surface area contributed by atoms with Gasteiger partial charge in [0, 0.05) is 6.61 Å². The van der Waals surface area contributed by atoms with Crippen molar-refractivity contribution in [3.8, 4) is 0 Å². The maximum Gasteiger partial charge on any atom is 0.315 e. The third kappa shape index (κ3) is 3.04. The van der Waals surface area contributed by atoms with E-state index in [2.05, 4.69) is 10.6 Å². The van der Waals surface area contributed by atoms with Crippen LogP contribution >= 0.6 is 0 Å². The summed E-state index contributed by atoms with van der Waals surface area (Å²) in [5.74, 6) is -0.965. The standard InChI is InChI=1S/C13H22N2O5/c1-8(9-4-3-5-20-9)14-12(18)15-10-6-19-7-13(10,2)11(16)17/h8-10H,3-7H2,1-2H3,(H,16,17)(H2,14,15,18). The molecule has 20 heavy (non-hydrogen) atoms. The smallest absolute Gasteiger partial charge is 0.315 e. The van der Waals surface area contributed by atoms with E-state index in [9.17, 15) is 14.7 Å². The zero-order chi connectivity index (χ0) is 14.8. The van der Waals surface area contributed by atoms with Crippen molar-refractivity contribution in [2.45, 2.75) is 44.9 Å². The van der Waals surface area contributed by atoms with Gasteiger partial charge in [-0.3, -0.25) is 4.79 Å². The lowest BCUT2D eigenvalue weighted by Gasteiger charge is -2.27. The molecule has 2 fully saturated rings. The molecular formula is C13H22N2O5. The van der Waals surface area contributed by atoms with Gasteiger partial charge in [-0.2, -0.15) is 0 Å². The second kappa shape index (κ2) is 5.97. The number of amides is 2. The number of carboxylic acids is 1. The Morgan fingerprint density at radius 2 is 2.20 bits per heavy atom. The van der Waals surface area contributed by atoms with Gasteiger partial charge in [-0.05, 0) is 26.7 Å². The molecule has 3 N–H and O–H groups in total. The molecule has 2 heterocycles. The third-order valence-corrected chi connectivity index (χ3v) is 4.13. The Kier molecular flexibility index (Phi) is 4.49. The SMILES string of the molecule is CC(NC(=O)NC1COCC1(C)C(=O)O)C1CCCO1. The van der Waals surface area contributed by atoms with Crippen LogP contribution in [0.15, 0.2) is 0 Å². The van der Waals surface area contributed by atoms with Gasteiger partial charge < -0.3 is 25.2 Å². The molecule has 0 spiro atoms. The average molecular weight is 286 g/mol. The first-order valence-electron chi connectivity index (χ1n) is 6.93. The highest BCUT2D eigenvalue weighted by Crippen LogP contribution is 2.28. The van der Waals surface area contributed by atoms with Crippen LogP contribution in [0.5, 0.6) is 0 Å². The number of urea groups is 1. The van der Waals surface area contributed by atoms with Crippen LogP contribution in [0.2, 0.25) is 0 Å². The van der Waals surface area contributed by atoms with Crippen molar-refractivity contribution in [1.29, 1.82) is 0 Å². The van der Waals surface area contributed by atoms with Crippen molar-refractivity contribution < 1.29 is 24.2 Å². The fourth-order valence-corrected chi connectivity index (χ4v) is 2.58. The fraction of sp³-hybridized carbons (Fsp3) is 0.846. The first-order valence-corrected chi connectivity index (χ1v) is 6.93. The second-order valence-corrected chi connectivity index (χ2v) is 5.75. The molecule has 0 bridgehead atoms. The lowest BCUT2D eigenvalue weighted by molar-refractivity contribution is -0.148. The van der Waals surface area contributed by atoms with Gasteiger partial charge in [0.15, 0.2) is 0 Å². The number of carbonyl (C=O) groups is 2. The predicted octanol–water partition coefficient (Wildman–Crippen LogP) is 0.343. The minimum absolute atomic E-state index is 0.0337.